The van der Waals surface area contributed by atoms with Crippen molar-refractivity contribution < 1.29 is 18.0 Å². The number of carbonyl (C=O) groups is 2. The molecular weight excluding hydrogens is 498 g/mol. The smallest absolute Gasteiger partial charge is 0.263 e. The van der Waals surface area contributed by atoms with Crippen molar-refractivity contribution in [2.24, 2.45) is 0 Å². The number of hydrogen-bond acceptors (Lipinski definition) is 4. The van der Waals surface area contributed by atoms with Crippen LogP contribution in [0.15, 0.2) is 108 Å². The number of rotatable bonds is 8. The number of para-hydroxylation sites is 2. The van der Waals surface area contributed by atoms with Crippen molar-refractivity contribution in [2.75, 3.05) is 10.0 Å². The van der Waals surface area contributed by atoms with E-state index in [-0.39, 0.29) is 32.6 Å². The van der Waals surface area contributed by atoms with Crippen LogP contribution in [0.4, 0.5) is 11.4 Å². The van der Waals surface area contributed by atoms with E-state index in [9.17, 15) is 18.0 Å². The highest BCUT2D eigenvalue weighted by Gasteiger charge is 2.21. The van der Waals surface area contributed by atoms with Crippen LogP contribution in [0.5, 0.6) is 0 Å². The Balaban J connectivity index is 1.53. The molecule has 0 atom stereocenters. The first-order valence-electron chi connectivity index (χ1n) is 10.9. The Labute approximate surface area is 214 Å². The third kappa shape index (κ3) is 6.10. The van der Waals surface area contributed by atoms with E-state index in [1.165, 1.54) is 18.2 Å². The fraction of sp³-hybridized carbons (Fsp3) is 0.0370. The molecule has 0 bridgehead atoms. The van der Waals surface area contributed by atoms with Crippen LogP contribution in [-0.4, -0.2) is 20.2 Å². The standard InChI is InChI=1S/C27H22ClN3O4S/c28-23-16-15-20(17-25(23)36(34,35)31-21-11-5-2-6-12-21)26(32)30-24-14-8-7-13-22(24)27(33)29-18-19-9-3-1-4-10-19/h1-17,31H,18H2,(H,29,33)(H,30,32). The van der Waals surface area contributed by atoms with Crippen LogP contribution < -0.4 is 15.4 Å². The summed E-state index contributed by atoms with van der Waals surface area (Å²) in [4.78, 5) is 25.6. The van der Waals surface area contributed by atoms with E-state index in [1.54, 1.807) is 54.6 Å². The molecule has 9 heteroatoms. The highest BCUT2D eigenvalue weighted by Crippen LogP contribution is 2.26. The van der Waals surface area contributed by atoms with Gasteiger partial charge in [0.1, 0.15) is 4.90 Å². The lowest BCUT2D eigenvalue weighted by Gasteiger charge is -2.13. The third-order valence-corrected chi connectivity index (χ3v) is 7.09. The third-order valence-electron chi connectivity index (χ3n) is 5.22. The molecule has 4 rings (SSSR count). The van der Waals surface area contributed by atoms with E-state index in [0.717, 1.165) is 5.56 Å². The molecule has 0 aliphatic rings. The molecule has 36 heavy (non-hydrogen) atoms. The highest BCUT2D eigenvalue weighted by atomic mass is 35.5. The Morgan fingerprint density at radius 1 is 0.750 bits per heavy atom. The summed E-state index contributed by atoms with van der Waals surface area (Å²) in [5.41, 5.74) is 1.92. The Hall–Kier alpha value is -4.14. The van der Waals surface area contributed by atoms with Crippen LogP contribution >= 0.6 is 11.6 Å². The van der Waals surface area contributed by atoms with Gasteiger partial charge in [0.25, 0.3) is 21.8 Å². The molecule has 7 nitrogen and oxygen atoms in total. The molecule has 0 fully saturated rings. The second-order valence-electron chi connectivity index (χ2n) is 7.78. The molecular formula is C27H22ClN3O4S. The molecule has 3 N–H and O–H groups in total. The quantitative estimate of drug-likeness (QED) is 0.293. The maximum absolute atomic E-state index is 13.0. The summed E-state index contributed by atoms with van der Waals surface area (Å²) in [7, 11) is -4.05. The van der Waals surface area contributed by atoms with Gasteiger partial charge in [0.15, 0.2) is 0 Å². The molecule has 4 aromatic carbocycles. The SMILES string of the molecule is O=C(Nc1ccccc1C(=O)NCc1ccccc1)c1ccc(Cl)c(S(=O)(=O)Nc2ccccc2)c1. The molecule has 0 heterocycles. The Bertz CT molecular complexity index is 1490. The fourth-order valence-corrected chi connectivity index (χ4v) is 5.01. The van der Waals surface area contributed by atoms with Crippen LogP contribution in [0.2, 0.25) is 5.02 Å². The summed E-state index contributed by atoms with van der Waals surface area (Å²) in [5.74, 6) is -0.952. The summed E-state index contributed by atoms with van der Waals surface area (Å²) < 4.78 is 28.3. The summed E-state index contributed by atoms with van der Waals surface area (Å²) in [6.07, 6.45) is 0. The largest absolute Gasteiger partial charge is 0.348 e. The summed E-state index contributed by atoms with van der Waals surface area (Å²) in [6.45, 7) is 0.328. The number of anilines is 2. The maximum Gasteiger partial charge on any atom is 0.263 e. The highest BCUT2D eigenvalue weighted by molar-refractivity contribution is 7.92. The summed E-state index contributed by atoms with van der Waals surface area (Å²) >= 11 is 6.16. The van der Waals surface area contributed by atoms with E-state index in [2.05, 4.69) is 15.4 Å². The fourth-order valence-electron chi connectivity index (χ4n) is 3.42. The average Bonchev–Trinajstić information content (AvgIpc) is 2.88. The lowest BCUT2D eigenvalue weighted by Crippen LogP contribution is -2.25. The van der Waals surface area contributed by atoms with Crippen LogP contribution in [0.1, 0.15) is 26.3 Å². The van der Waals surface area contributed by atoms with Crippen molar-refractivity contribution in [2.45, 2.75) is 11.4 Å². The molecule has 182 valence electrons. The summed E-state index contributed by atoms with van der Waals surface area (Å²) in [5, 5.41) is 5.50. The van der Waals surface area contributed by atoms with Gasteiger partial charge >= 0.3 is 0 Å². The van der Waals surface area contributed by atoms with Crippen LogP contribution in [0, 0.1) is 0 Å². The van der Waals surface area contributed by atoms with Gasteiger partial charge in [0.05, 0.1) is 16.3 Å². The Morgan fingerprint density at radius 2 is 1.39 bits per heavy atom. The van der Waals surface area contributed by atoms with Crippen LogP contribution in [0.3, 0.4) is 0 Å². The maximum atomic E-state index is 13.0. The minimum absolute atomic E-state index is 0.0318. The number of halogens is 1. The lowest BCUT2D eigenvalue weighted by molar-refractivity contribution is 0.0951. The van der Waals surface area contributed by atoms with Gasteiger partial charge in [0, 0.05) is 17.8 Å². The first-order valence-corrected chi connectivity index (χ1v) is 12.8. The van der Waals surface area contributed by atoms with E-state index in [0.29, 0.717) is 12.2 Å². The molecule has 0 unspecified atom stereocenters. The van der Waals surface area contributed by atoms with E-state index in [1.807, 2.05) is 30.3 Å². The van der Waals surface area contributed by atoms with Crippen molar-refractivity contribution in [3.8, 4) is 0 Å². The molecule has 2 amide bonds. The lowest BCUT2D eigenvalue weighted by atomic mass is 10.1. The van der Waals surface area contributed by atoms with Crippen molar-refractivity contribution >= 4 is 44.8 Å². The van der Waals surface area contributed by atoms with Gasteiger partial charge in [-0.15, -0.1) is 0 Å². The monoisotopic (exact) mass is 519 g/mol. The first-order chi connectivity index (χ1) is 17.3. The molecule has 0 aliphatic heterocycles. The van der Waals surface area contributed by atoms with Gasteiger partial charge in [-0.1, -0.05) is 72.3 Å². The predicted octanol–water partition coefficient (Wildman–Crippen LogP) is 5.32. The Kier molecular flexibility index (Phi) is 7.68. The van der Waals surface area contributed by atoms with Crippen LogP contribution in [0.25, 0.3) is 0 Å². The topological polar surface area (TPSA) is 104 Å². The van der Waals surface area contributed by atoms with Crippen molar-refractivity contribution in [1.29, 1.82) is 0 Å². The number of carbonyl (C=O) groups excluding carboxylic acids is 2. The number of nitrogens with one attached hydrogen (secondary N) is 3. The second kappa shape index (κ2) is 11.1. The second-order valence-corrected chi connectivity index (χ2v) is 9.84. The number of sulfonamides is 1. The Morgan fingerprint density at radius 3 is 2.11 bits per heavy atom. The minimum atomic E-state index is -4.05. The van der Waals surface area contributed by atoms with Crippen molar-refractivity contribution in [1.82, 2.24) is 5.32 Å². The molecule has 4 aromatic rings. The van der Waals surface area contributed by atoms with E-state index < -0.39 is 15.9 Å². The zero-order valence-corrected chi connectivity index (χ0v) is 20.5. The van der Waals surface area contributed by atoms with E-state index in [4.69, 9.17) is 11.6 Å². The molecule has 0 spiro atoms. The van der Waals surface area contributed by atoms with Crippen molar-refractivity contribution in [3.63, 3.8) is 0 Å². The molecule has 0 aromatic heterocycles. The number of amides is 2. The van der Waals surface area contributed by atoms with Gasteiger partial charge in [-0.05, 0) is 48.0 Å². The zero-order chi connectivity index (χ0) is 25.5. The zero-order valence-electron chi connectivity index (χ0n) is 18.9. The molecule has 0 aliphatic carbocycles. The van der Waals surface area contributed by atoms with Gasteiger partial charge in [-0.2, -0.15) is 0 Å². The molecule has 0 radical (unpaired) electrons. The van der Waals surface area contributed by atoms with Gasteiger partial charge in [-0.3, -0.25) is 14.3 Å². The first kappa shape index (κ1) is 25.0. The molecule has 0 saturated heterocycles. The van der Waals surface area contributed by atoms with E-state index >= 15 is 0 Å². The van der Waals surface area contributed by atoms with Crippen molar-refractivity contribution in [3.05, 3.63) is 125 Å². The normalized spacial score (nSPS) is 10.9. The number of hydrogen-bond donors (Lipinski definition) is 3. The molecule has 0 saturated carbocycles. The van der Waals surface area contributed by atoms with Crippen LogP contribution in [-0.2, 0) is 16.6 Å². The summed E-state index contributed by atoms with van der Waals surface area (Å²) in [6, 6.07) is 28.3. The van der Waals surface area contributed by atoms with Gasteiger partial charge in [0.2, 0.25) is 0 Å². The number of benzene rings is 4. The predicted molar refractivity (Wildman–Crippen MR) is 141 cm³/mol. The van der Waals surface area contributed by atoms with Gasteiger partial charge < -0.3 is 10.6 Å². The average molecular weight is 520 g/mol. The van der Waals surface area contributed by atoms with Gasteiger partial charge in [-0.25, -0.2) is 8.42 Å². The minimum Gasteiger partial charge on any atom is -0.348 e.